The van der Waals surface area contributed by atoms with Crippen LogP contribution in [0.5, 0.6) is 0 Å². The van der Waals surface area contributed by atoms with Gasteiger partial charge in [0, 0.05) is 10.6 Å². The molecule has 88 valence electrons. The summed E-state index contributed by atoms with van der Waals surface area (Å²) in [5.41, 5.74) is 8.68. The van der Waals surface area contributed by atoms with Crippen molar-refractivity contribution >= 4 is 29.0 Å². The maximum atomic E-state index is 6.14. The molecular formula is C12H11Cl2N3. The summed E-state index contributed by atoms with van der Waals surface area (Å²) in [6.45, 7) is 3.66. The van der Waals surface area contributed by atoms with Crippen LogP contribution in [0.4, 0.5) is 5.82 Å². The van der Waals surface area contributed by atoms with Crippen molar-refractivity contribution in [2.24, 2.45) is 0 Å². The first kappa shape index (κ1) is 12.1. The highest BCUT2D eigenvalue weighted by Gasteiger charge is 2.11. The maximum absolute atomic E-state index is 6.14. The summed E-state index contributed by atoms with van der Waals surface area (Å²) in [5, 5.41) is 1.15. The number of anilines is 1. The molecule has 0 saturated carbocycles. The molecule has 0 aliphatic rings. The average molecular weight is 268 g/mol. The number of rotatable bonds is 1. The van der Waals surface area contributed by atoms with Crippen molar-refractivity contribution in [1.82, 2.24) is 9.97 Å². The standard InChI is InChI=1S/C12H11Cl2N3/c1-6-11(16-7(2)12(15)17-6)9-4-3-8(13)5-10(9)14/h3-5H,1-2H3,(H2,15,17). The van der Waals surface area contributed by atoms with Gasteiger partial charge in [-0.25, -0.2) is 9.97 Å². The first-order valence-electron chi connectivity index (χ1n) is 5.05. The van der Waals surface area contributed by atoms with E-state index in [4.69, 9.17) is 28.9 Å². The van der Waals surface area contributed by atoms with Crippen molar-refractivity contribution in [3.8, 4) is 11.3 Å². The van der Waals surface area contributed by atoms with E-state index in [0.717, 1.165) is 17.0 Å². The molecule has 5 heteroatoms. The molecule has 0 fully saturated rings. The van der Waals surface area contributed by atoms with E-state index in [1.54, 1.807) is 12.1 Å². The van der Waals surface area contributed by atoms with Gasteiger partial charge in [-0.2, -0.15) is 0 Å². The molecule has 3 nitrogen and oxygen atoms in total. The molecule has 0 spiro atoms. The normalized spacial score (nSPS) is 10.6. The Kier molecular flexibility index (Phi) is 3.22. The fraction of sp³-hybridized carbons (Fsp3) is 0.167. The molecule has 17 heavy (non-hydrogen) atoms. The minimum absolute atomic E-state index is 0.441. The van der Waals surface area contributed by atoms with Crippen molar-refractivity contribution in [1.29, 1.82) is 0 Å². The molecule has 0 radical (unpaired) electrons. The lowest BCUT2D eigenvalue weighted by atomic mass is 10.1. The van der Waals surface area contributed by atoms with Crippen LogP contribution in [0.15, 0.2) is 18.2 Å². The molecule has 0 aliphatic carbocycles. The van der Waals surface area contributed by atoms with Crippen LogP contribution in [-0.4, -0.2) is 9.97 Å². The van der Waals surface area contributed by atoms with E-state index in [1.807, 2.05) is 19.9 Å². The number of nitrogens with zero attached hydrogens (tertiary/aromatic N) is 2. The number of aromatic nitrogens is 2. The summed E-state index contributed by atoms with van der Waals surface area (Å²) in [7, 11) is 0. The van der Waals surface area contributed by atoms with Crippen LogP contribution in [-0.2, 0) is 0 Å². The topological polar surface area (TPSA) is 51.8 Å². The Bertz CT molecular complexity index is 582. The van der Waals surface area contributed by atoms with Crippen LogP contribution in [0.2, 0.25) is 10.0 Å². The quantitative estimate of drug-likeness (QED) is 0.858. The Morgan fingerprint density at radius 3 is 2.41 bits per heavy atom. The van der Waals surface area contributed by atoms with Gasteiger partial charge in [0.25, 0.3) is 0 Å². The molecule has 2 aromatic rings. The van der Waals surface area contributed by atoms with Gasteiger partial charge >= 0.3 is 0 Å². The van der Waals surface area contributed by atoms with E-state index in [2.05, 4.69) is 9.97 Å². The molecule has 1 aromatic heterocycles. The molecule has 0 aliphatic heterocycles. The Morgan fingerprint density at radius 2 is 1.76 bits per heavy atom. The van der Waals surface area contributed by atoms with Crippen molar-refractivity contribution in [2.45, 2.75) is 13.8 Å². The lowest BCUT2D eigenvalue weighted by molar-refractivity contribution is 1.08. The van der Waals surface area contributed by atoms with Gasteiger partial charge < -0.3 is 5.73 Å². The Hall–Kier alpha value is -1.32. The van der Waals surface area contributed by atoms with Crippen LogP contribution in [0.1, 0.15) is 11.4 Å². The van der Waals surface area contributed by atoms with E-state index in [1.165, 1.54) is 0 Å². The number of hydrogen-bond acceptors (Lipinski definition) is 3. The molecule has 1 heterocycles. The van der Waals surface area contributed by atoms with Crippen LogP contribution in [0, 0.1) is 13.8 Å². The van der Waals surface area contributed by atoms with Crippen LogP contribution >= 0.6 is 23.2 Å². The van der Waals surface area contributed by atoms with E-state index in [-0.39, 0.29) is 0 Å². The van der Waals surface area contributed by atoms with Crippen LogP contribution in [0.3, 0.4) is 0 Å². The molecular weight excluding hydrogens is 257 g/mol. The minimum Gasteiger partial charge on any atom is -0.382 e. The van der Waals surface area contributed by atoms with Gasteiger partial charge in [0.2, 0.25) is 0 Å². The van der Waals surface area contributed by atoms with Crippen molar-refractivity contribution in [2.75, 3.05) is 5.73 Å². The number of benzene rings is 1. The molecule has 0 unspecified atom stereocenters. The first-order chi connectivity index (χ1) is 7.99. The van der Waals surface area contributed by atoms with E-state index >= 15 is 0 Å². The number of halogens is 2. The zero-order chi connectivity index (χ0) is 12.6. The third-order valence-corrected chi connectivity index (χ3v) is 3.02. The summed E-state index contributed by atoms with van der Waals surface area (Å²) >= 11 is 12.0. The zero-order valence-corrected chi connectivity index (χ0v) is 11.0. The fourth-order valence-corrected chi connectivity index (χ4v) is 2.06. The highest BCUT2D eigenvalue weighted by Crippen LogP contribution is 2.31. The number of hydrogen-bond donors (Lipinski definition) is 1. The molecule has 0 atom stereocenters. The molecule has 2 rings (SSSR count). The SMILES string of the molecule is Cc1nc(-c2ccc(Cl)cc2Cl)c(C)nc1N. The summed E-state index contributed by atoms with van der Waals surface area (Å²) in [5.74, 6) is 0.441. The van der Waals surface area contributed by atoms with Crippen molar-refractivity contribution in [3.63, 3.8) is 0 Å². The lowest BCUT2D eigenvalue weighted by Gasteiger charge is -2.09. The predicted octanol–water partition coefficient (Wildman–Crippen LogP) is 3.65. The predicted molar refractivity (Wildman–Crippen MR) is 71.4 cm³/mol. The van der Waals surface area contributed by atoms with E-state index in [0.29, 0.717) is 21.6 Å². The van der Waals surface area contributed by atoms with E-state index < -0.39 is 0 Å². The van der Waals surface area contributed by atoms with Crippen LogP contribution < -0.4 is 5.73 Å². The molecule has 0 saturated heterocycles. The first-order valence-corrected chi connectivity index (χ1v) is 5.81. The van der Waals surface area contributed by atoms with Crippen molar-refractivity contribution < 1.29 is 0 Å². The number of nitrogen functional groups attached to an aromatic ring is 1. The number of nitrogens with two attached hydrogens (primary N) is 1. The third-order valence-electron chi connectivity index (χ3n) is 2.47. The largest absolute Gasteiger partial charge is 0.382 e. The second-order valence-corrected chi connectivity index (χ2v) is 4.60. The van der Waals surface area contributed by atoms with Gasteiger partial charge in [0.15, 0.2) is 0 Å². The molecule has 0 amide bonds. The van der Waals surface area contributed by atoms with Crippen molar-refractivity contribution in [3.05, 3.63) is 39.6 Å². The van der Waals surface area contributed by atoms with Gasteiger partial charge in [-0.05, 0) is 32.0 Å². The smallest absolute Gasteiger partial charge is 0.145 e. The Labute approximate surface area is 110 Å². The van der Waals surface area contributed by atoms with E-state index in [9.17, 15) is 0 Å². The summed E-state index contributed by atoms with van der Waals surface area (Å²) in [6.07, 6.45) is 0. The second kappa shape index (κ2) is 4.51. The fourth-order valence-electron chi connectivity index (χ4n) is 1.56. The summed E-state index contributed by atoms with van der Waals surface area (Å²) < 4.78 is 0. The summed E-state index contributed by atoms with van der Waals surface area (Å²) in [4.78, 5) is 8.65. The minimum atomic E-state index is 0.441. The van der Waals surface area contributed by atoms with Crippen LogP contribution in [0.25, 0.3) is 11.3 Å². The second-order valence-electron chi connectivity index (χ2n) is 3.75. The molecule has 2 N–H and O–H groups in total. The number of aryl methyl sites for hydroxylation is 2. The summed E-state index contributed by atoms with van der Waals surface area (Å²) in [6, 6.07) is 5.29. The Balaban J connectivity index is 2.64. The Morgan fingerprint density at radius 1 is 1.06 bits per heavy atom. The average Bonchev–Trinajstić information content (AvgIpc) is 2.24. The van der Waals surface area contributed by atoms with Gasteiger partial charge in [-0.3, -0.25) is 0 Å². The highest BCUT2D eigenvalue weighted by atomic mass is 35.5. The molecule has 0 bridgehead atoms. The monoisotopic (exact) mass is 267 g/mol. The third kappa shape index (κ3) is 2.35. The van der Waals surface area contributed by atoms with Gasteiger partial charge in [-0.1, -0.05) is 23.2 Å². The zero-order valence-electron chi connectivity index (χ0n) is 9.46. The lowest BCUT2D eigenvalue weighted by Crippen LogP contribution is -2.02. The molecule has 1 aromatic carbocycles. The maximum Gasteiger partial charge on any atom is 0.145 e. The van der Waals surface area contributed by atoms with Gasteiger partial charge in [-0.15, -0.1) is 0 Å². The van der Waals surface area contributed by atoms with Gasteiger partial charge in [0.05, 0.1) is 22.1 Å². The van der Waals surface area contributed by atoms with Gasteiger partial charge in [0.1, 0.15) is 5.82 Å². The highest BCUT2D eigenvalue weighted by molar-refractivity contribution is 6.36.